The lowest BCUT2D eigenvalue weighted by molar-refractivity contribution is -0.143. The van der Waals surface area contributed by atoms with Gasteiger partial charge < -0.3 is 14.5 Å². The molecule has 25 heavy (non-hydrogen) atoms. The van der Waals surface area contributed by atoms with Crippen LogP contribution in [0.15, 0.2) is 48.5 Å². The molecule has 2 heterocycles. The zero-order valence-electron chi connectivity index (χ0n) is 14.2. The number of hydrogen-bond acceptors (Lipinski definition) is 4. The van der Waals surface area contributed by atoms with E-state index in [1.165, 1.54) is 12.7 Å². The van der Waals surface area contributed by atoms with E-state index in [0.29, 0.717) is 6.42 Å². The summed E-state index contributed by atoms with van der Waals surface area (Å²) in [4.78, 5) is 15.7. The molecule has 2 N–H and O–H groups in total. The standard InChI is InChI=1S/C20H20N2O3/c1-24-13-9-7-12(8-10-13)18-19-15(11-17(22-18)20(23)25-2)14-5-3-4-6-16(14)21-19/h3-10,17-18,21-22H,11H2,1-2H3/t17-,18?/m0/s1. The molecule has 1 aliphatic rings. The first-order valence-corrected chi connectivity index (χ1v) is 8.28. The van der Waals surface area contributed by atoms with E-state index in [9.17, 15) is 4.79 Å². The quantitative estimate of drug-likeness (QED) is 0.722. The fourth-order valence-electron chi connectivity index (χ4n) is 3.59. The molecule has 4 rings (SSSR count). The Kier molecular flexibility index (Phi) is 3.93. The summed E-state index contributed by atoms with van der Waals surface area (Å²) in [7, 11) is 3.08. The minimum Gasteiger partial charge on any atom is -0.497 e. The first kappa shape index (κ1) is 15.7. The molecule has 0 saturated carbocycles. The molecule has 3 aromatic rings. The molecule has 5 nitrogen and oxygen atoms in total. The van der Waals surface area contributed by atoms with E-state index in [1.54, 1.807) is 7.11 Å². The minimum absolute atomic E-state index is 0.105. The fourth-order valence-corrected chi connectivity index (χ4v) is 3.59. The zero-order valence-corrected chi connectivity index (χ0v) is 14.2. The smallest absolute Gasteiger partial charge is 0.323 e. The van der Waals surface area contributed by atoms with Crippen LogP contribution in [0, 0.1) is 0 Å². The highest BCUT2D eigenvalue weighted by Crippen LogP contribution is 2.35. The third kappa shape index (κ3) is 2.66. The van der Waals surface area contributed by atoms with Crippen molar-refractivity contribution in [1.82, 2.24) is 10.3 Å². The Bertz CT molecular complexity index is 914. The number of methoxy groups -OCH3 is 2. The lowest BCUT2D eigenvalue weighted by atomic mass is 9.90. The Hall–Kier alpha value is -2.79. The second kappa shape index (κ2) is 6.26. The van der Waals surface area contributed by atoms with Gasteiger partial charge in [0, 0.05) is 23.0 Å². The Morgan fingerprint density at radius 2 is 1.84 bits per heavy atom. The summed E-state index contributed by atoms with van der Waals surface area (Å²) in [5.41, 5.74) is 4.43. The van der Waals surface area contributed by atoms with Gasteiger partial charge in [0.05, 0.1) is 20.3 Å². The number of para-hydroxylation sites is 1. The average molecular weight is 336 g/mol. The van der Waals surface area contributed by atoms with E-state index in [-0.39, 0.29) is 18.1 Å². The Labute approximate surface area is 146 Å². The van der Waals surface area contributed by atoms with Gasteiger partial charge in [0.15, 0.2) is 0 Å². The van der Waals surface area contributed by atoms with Crippen LogP contribution in [-0.2, 0) is 16.0 Å². The molecule has 2 atom stereocenters. The SMILES string of the molecule is COC(=O)[C@@H]1Cc2c([nH]c3ccccc23)C(c2ccc(OC)cc2)N1. The molecule has 5 heteroatoms. The van der Waals surface area contributed by atoms with E-state index in [4.69, 9.17) is 9.47 Å². The number of nitrogens with one attached hydrogen (secondary N) is 2. The fraction of sp³-hybridized carbons (Fsp3) is 0.250. The van der Waals surface area contributed by atoms with Crippen molar-refractivity contribution in [3.63, 3.8) is 0 Å². The van der Waals surface area contributed by atoms with Crippen LogP contribution in [0.3, 0.4) is 0 Å². The average Bonchev–Trinajstić information content (AvgIpc) is 3.05. The highest BCUT2D eigenvalue weighted by molar-refractivity contribution is 5.87. The van der Waals surface area contributed by atoms with Crippen LogP contribution in [0.4, 0.5) is 0 Å². The van der Waals surface area contributed by atoms with Crippen molar-refractivity contribution in [3.05, 3.63) is 65.4 Å². The number of hydrogen-bond donors (Lipinski definition) is 2. The number of benzene rings is 2. The first-order chi connectivity index (χ1) is 12.2. The topological polar surface area (TPSA) is 63.4 Å². The van der Waals surface area contributed by atoms with Gasteiger partial charge in [-0.2, -0.15) is 0 Å². The van der Waals surface area contributed by atoms with Gasteiger partial charge in [0.2, 0.25) is 0 Å². The number of carbonyl (C=O) groups excluding carboxylic acids is 1. The Morgan fingerprint density at radius 3 is 2.56 bits per heavy atom. The molecule has 128 valence electrons. The van der Waals surface area contributed by atoms with E-state index < -0.39 is 0 Å². The first-order valence-electron chi connectivity index (χ1n) is 8.28. The van der Waals surface area contributed by atoms with Crippen molar-refractivity contribution < 1.29 is 14.3 Å². The van der Waals surface area contributed by atoms with Gasteiger partial charge in [-0.3, -0.25) is 10.1 Å². The van der Waals surface area contributed by atoms with E-state index >= 15 is 0 Å². The van der Waals surface area contributed by atoms with Gasteiger partial charge in [0.1, 0.15) is 11.8 Å². The van der Waals surface area contributed by atoms with Crippen LogP contribution in [0.25, 0.3) is 10.9 Å². The Balaban J connectivity index is 1.83. The summed E-state index contributed by atoms with van der Waals surface area (Å²) in [5.74, 6) is 0.565. The van der Waals surface area contributed by atoms with Gasteiger partial charge in [-0.05, 0) is 29.3 Å². The second-order valence-electron chi connectivity index (χ2n) is 6.22. The highest BCUT2D eigenvalue weighted by atomic mass is 16.5. The summed E-state index contributed by atoms with van der Waals surface area (Å²) < 4.78 is 10.2. The van der Waals surface area contributed by atoms with Crippen LogP contribution in [0.1, 0.15) is 22.9 Å². The molecule has 1 aliphatic heterocycles. The molecule has 0 saturated heterocycles. The van der Waals surface area contributed by atoms with Crippen LogP contribution in [0.5, 0.6) is 5.75 Å². The van der Waals surface area contributed by atoms with Gasteiger partial charge in [-0.15, -0.1) is 0 Å². The maximum atomic E-state index is 12.2. The Morgan fingerprint density at radius 1 is 1.08 bits per heavy atom. The van der Waals surface area contributed by atoms with Crippen molar-refractivity contribution in [3.8, 4) is 5.75 Å². The minimum atomic E-state index is -0.371. The maximum Gasteiger partial charge on any atom is 0.323 e. The van der Waals surface area contributed by atoms with E-state index in [2.05, 4.69) is 22.4 Å². The third-order valence-corrected chi connectivity index (χ3v) is 4.85. The lowest BCUT2D eigenvalue weighted by Gasteiger charge is -2.30. The zero-order chi connectivity index (χ0) is 17.4. The summed E-state index contributed by atoms with van der Waals surface area (Å²) in [6, 6.07) is 15.6. The number of carbonyl (C=O) groups is 1. The lowest BCUT2D eigenvalue weighted by Crippen LogP contribution is -2.45. The number of aromatic amines is 1. The largest absolute Gasteiger partial charge is 0.497 e. The second-order valence-corrected chi connectivity index (χ2v) is 6.22. The molecule has 1 unspecified atom stereocenters. The van der Waals surface area contributed by atoms with Crippen LogP contribution in [0.2, 0.25) is 0 Å². The molecule has 2 aromatic carbocycles. The number of esters is 1. The van der Waals surface area contributed by atoms with Crippen molar-refractivity contribution in [2.24, 2.45) is 0 Å². The van der Waals surface area contributed by atoms with Crippen LogP contribution < -0.4 is 10.1 Å². The van der Waals surface area contributed by atoms with Crippen molar-refractivity contribution in [2.75, 3.05) is 14.2 Å². The van der Waals surface area contributed by atoms with Gasteiger partial charge in [0.25, 0.3) is 0 Å². The predicted octanol–water partition coefficient (Wildman–Crippen LogP) is 2.95. The molecular formula is C20H20N2O3. The summed E-state index contributed by atoms with van der Waals surface area (Å²) in [5, 5.41) is 4.59. The van der Waals surface area contributed by atoms with Crippen molar-refractivity contribution in [2.45, 2.75) is 18.5 Å². The molecule has 0 bridgehead atoms. The van der Waals surface area contributed by atoms with Gasteiger partial charge >= 0.3 is 5.97 Å². The molecule has 0 fully saturated rings. The maximum absolute atomic E-state index is 12.2. The normalized spacial score (nSPS) is 19.4. The number of rotatable bonds is 3. The molecule has 0 spiro atoms. The van der Waals surface area contributed by atoms with E-state index in [0.717, 1.165) is 27.9 Å². The van der Waals surface area contributed by atoms with Gasteiger partial charge in [-0.25, -0.2) is 0 Å². The van der Waals surface area contributed by atoms with E-state index in [1.807, 2.05) is 36.4 Å². The number of fused-ring (bicyclic) bond motifs is 3. The number of H-pyrrole nitrogens is 1. The monoisotopic (exact) mass is 336 g/mol. The van der Waals surface area contributed by atoms with Crippen LogP contribution in [-0.4, -0.2) is 31.2 Å². The van der Waals surface area contributed by atoms with Gasteiger partial charge in [-0.1, -0.05) is 30.3 Å². The summed E-state index contributed by atoms with van der Waals surface area (Å²) in [6.45, 7) is 0. The van der Waals surface area contributed by atoms with Crippen molar-refractivity contribution in [1.29, 1.82) is 0 Å². The third-order valence-electron chi connectivity index (χ3n) is 4.85. The molecule has 0 aliphatic carbocycles. The summed E-state index contributed by atoms with van der Waals surface area (Å²) in [6.07, 6.45) is 0.610. The number of aromatic nitrogens is 1. The highest BCUT2D eigenvalue weighted by Gasteiger charge is 2.34. The molecular weight excluding hydrogens is 316 g/mol. The van der Waals surface area contributed by atoms with Crippen LogP contribution >= 0.6 is 0 Å². The predicted molar refractivity (Wildman–Crippen MR) is 95.8 cm³/mol. The molecule has 1 aromatic heterocycles. The number of ether oxygens (including phenoxy) is 2. The molecule has 0 radical (unpaired) electrons. The molecule has 0 amide bonds. The summed E-state index contributed by atoms with van der Waals surface area (Å²) >= 11 is 0. The van der Waals surface area contributed by atoms with Crippen molar-refractivity contribution >= 4 is 16.9 Å².